The molecule has 1 N–H and O–H groups in total. The second-order valence-corrected chi connectivity index (χ2v) is 4.78. The number of hydrogen-bond acceptors (Lipinski definition) is 4. The number of quaternary nitrogens is 1. The largest absolute Gasteiger partial charge is 0.545 e. The molecule has 0 bridgehead atoms. The molecule has 0 amide bonds. The van der Waals surface area contributed by atoms with Crippen LogP contribution in [0.3, 0.4) is 0 Å². The van der Waals surface area contributed by atoms with Crippen LogP contribution in [0.25, 0.3) is 0 Å². The first kappa shape index (κ1) is 13.1. The lowest BCUT2D eigenvalue weighted by molar-refractivity contribution is -0.884. The molecule has 1 heterocycles. The fourth-order valence-corrected chi connectivity index (χ4v) is 1.47. The van der Waals surface area contributed by atoms with Crippen LogP contribution < -0.4 is 5.11 Å². The summed E-state index contributed by atoms with van der Waals surface area (Å²) in [5.74, 6) is -2.90. The Hall–Kier alpha value is -1.95. The van der Waals surface area contributed by atoms with E-state index in [-0.39, 0.29) is 5.56 Å². The molecule has 17 heavy (non-hydrogen) atoms. The van der Waals surface area contributed by atoms with Gasteiger partial charge in [0.15, 0.2) is 5.69 Å². The Bertz CT molecular complexity index is 463. The van der Waals surface area contributed by atoms with Gasteiger partial charge in [-0.15, -0.1) is 0 Å². The molecule has 0 aromatic carbocycles. The van der Waals surface area contributed by atoms with Crippen molar-refractivity contribution < 1.29 is 24.3 Å². The molecular formula is C11H14N2O4. The van der Waals surface area contributed by atoms with Crippen LogP contribution in [0.1, 0.15) is 26.4 Å². The Morgan fingerprint density at radius 3 is 2.41 bits per heavy atom. The number of carboxylic acid groups (broad SMARTS) is 2. The van der Waals surface area contributed by atoms with Gasteiger partial charge in [0.05, 0.1) is 27.1 Å². The number of carbonyl (C=O) groups excluding carboxylic acids is 1. The summed E-state index contributed by atoms with van der Waals surface area (Å²) in [7, 11) is 5.80. The number of pyridine rings is 1. The minimum Gasteiger partial charge on any atom is -0.545 e. The molecule has 0 spiro atoms. The lowest BCUT2D eigenvalue weighted by Crippen LogP contribution is -2.34. The second kappa shape index (κ2) is 4.50. The number of aromatic carboxylic acids is 2. The molecule has 0 atom stereocenters. The number of rotatable bonds is 4. The first-order valence-corrected chi connectivity index (χ1v) is 4.95. The number of hydrogen-bond donors (Lipinski definition) is 1. The third kappa shape index (κ3) is 3.53. The molecule has 0 radical (unpaired) electrons. The normalized spacial score (nSPS) is 11.2. The van der Waals surface area contributed by atoms with Crippen molar-refractivity contribution in [3.63, 3.8) is 0 Å². The Labute approximate surface area is 98.7 Å². The van der Waals surface area contributed by atoms with E-state index in [1.54, 1.807) is 0 Å². The highest BCUT2D eigenvalue weighted by Crippen LogP contribution is 2.11. The maximum absolute atomic E-state index is 10.8. The van der Waals surface area contributed by atoms with Crippen LogP contribution in [0.2, 0.25) is 0 Å². The van der Waals surface area contributed by atoms with Gasteiger partial charge in [-0.1, -0.05) is 0 Å². The maximum Gasteiger partial charge on any atom is 0.355 e. The van der Waals surface area contributed by atoms with E-state index < -0.39 is 17.6 Å². The van der Waals surface area contributed by atoms with E-state index in [2.05, 4.69) is 4.98 Å². The monoisotopic (exact) mass is 238 g/mol. The third-order valence-corrected chi connectivity index (χ3v) is 2.02. The van der Waals surface area contributed by atoms with E-state index in [0.29, 0.717) is 16.6 Å². The van der Waals surface area contributed by atoms with Crippen LogP contribution in [0.4, 0.5) is 0 Å². The molecule has 0 saturated carbocycles. The van der Waals surface area contributed by atoms with Gasteiger partial charge in [0.2, 0.25) is 0 Å². The zero-order chi connectivity index (χ0) is 13.2. The maximum atomic E-state index is 10.8. The molecule has 0 aliphatic heterocycles. The molecule has 0 aliphatic rings. The van der Waals surface area contributed by atoms with Gasteiger partial charge in [0.1, 0.15) is 6.54 Å². The lowest BCUT2D eigenvalue weighted by atomic mass is 10.1. The van der Waals surface area contributed by atoms with Crippen molar-refractivity contribution in [3.05, 3.63) is 29.1 Å². The predicted molar refractivity (Wildman–Crippen MR) is 57.3 cm³/mol. The summed E-state index contributed by atoms with van der Waals surface area (Å²) in [6.45, 7) is 0.549. The molecular weight excluding hydrogens is 224 g/mol. The van der Waals surface area contributed by atoms with Gasteiger partial charge in [0.25, 0.3) is 0 Å². The van der Waals surface area contributed by atoms with Crippen molar-refractivity contribution in [2.75, 3.05) is 21.1 Å². The Kier molecular flexibility index (Phi) is 3.47. The highest BCUT2D eigenvalue weighted by molar-refractivity contribution is 5.99. The number of nitrogens with zero attached hydrogens (tertiary/aromatic N) is 2. The van der Waals surface area contributed by atoms with Crippen molar-refractivity contribution in [2.24, 2.45) is 0 Å². The Balaban J connectivity index is 3.19. The fourth-order valence-electron chi connectivity index (χ4n) is 1.47. The SMILES string of the molecule is C[N+](C)(C)Cc1cnc(C(=O)O)c(C(=O)[O-])c1. The van der Waals surface area contributed by atoms with Crippen LogP contribution in [-0.2, 0) is 6.54 Å². The standard InChI is InChI=1S/C11H14N2O4/c1-13(2,3)6-7-4-8(10(14)15)9(11(16)17)12-5-7/h4-5H,6H2,1-3H3,(H-,14,15,16,17). The average molecular weight is 238 g/mol. The summed E-state index contributed by atoms with van der Waals surface area (Å²) in [6.07, 6.45) is 1.37. The molecule has 0 saturated heterocycles. The van der Waals surface area contributed by atoms with Crippen LogP contribution >= 0.6 is 0 Å². The van der Waals surface area contributed by atoms with E-state index in [0.717, 1.165) is 0 Å². The average Bonchev–Trinajstić information content (AvgIpc) is 2.14. The second-order valence-electron chi connectivity index (χ2n) is 4.78. The molecule has 92 valence electrons. The molecule has 0 aliphatic carbocycles. The first-order chi connectivity index (χ1) is 7.70. The zero-order valence-corrected chi connectivity index (χ0v) is 9.93. The van der Waals surface area contributed by atoms with Crippen LogP contribution in [-0.4, -0.2) is 47.7 Å². The Morgan fingerprint density at radius 2 is 2.00 bits per heavy atom. The van der Waals surface area contributed by atoms with Gasteiger partial charge in [-0.05, 0) is 6.07 Å². The van der Waals surface area contributed by atoms with Crippen LogP contribution in [0.15, 0.2) is 12.3 Å². The minimum atomic E-state index is -1.53. The van der Waals surface area contributed by atoms with Crippen molar-refractivity contribution >= 4 is 11.9 Å². The number of carboxylic acids is 2. The van der Waals surface area contributed by atoms with Crippen molar-refractivity contribution in [1.82, 2.24) is 4.98 Å². The van der Waals surface area contributed by atoms with Gasteiger partial charge >= 0.3 is 5.97 Å². The predicted octanol–water partition coefficient (Wildman–Crippen LogP) is -0.650. The molecule has 6 nitrogen and oxygen atoms in total. The van der Waals surface area contributed by atoms with E-state index in [1.807, 2.05) is 21.1 Å². The summed E-state index contributed by atoms with van der Waals surface area (Å²) in [6, 6.07) is 1.30. The molecule has 1 aromatic rings. The van der Waals surface area contributed by atoms with Crippen LogP contribution in [0, 0.1) is 0 Å². The molecule has 1 rings (SSSR count). The molecule has 0 unspecified atom stereocenters. The summed E-state index contributed by atoms with van der Waals surface area (Å²) < 4.78 is 0.584. The summed E-state index contributed by atoms with van der Waals surface area (Å²) in [4.78, 5) is 25.2. The summed E-state index contributed by atoms with van der Waals surface area (Å²) >= 11 is 0. The zero-order valence-electron chi connectivity index (χ0n) is 9.93. The van der Waals surface area contributed by atoms with Gasteiger partial charge in [-0.25, -0.2) is 9.78 Å². The summed E-state index contributed by atoms with van der Waals surface area (Å²) in [5.41, 5.74) is -0.222. The van der Waals surface area contributed by atoms with Gasteiger partial charge < -0.3 is 19.5 Å². The number of carbonyl (C=O) groups is 2. The van der Waals surface area contributed by atoms with Crippen LogP contribution in [0.5, 0.6) is 0 Å². The minimum absolute atomic E-state index is 0.386. The topological polar surface area (TPSA) is 90.3 Å². The molecule has 6 heteroatoms. The third-order valence-electron chi connectivity index (χ3n) is 2.02. The Morgan fingerprint density at radius 1 is 1.41 bits per heavy atom. The highest BCUT2D eigenvalue weighted by Gasteiger charge is 2.16. The smallest absolute Gasteiger partial charge is 0.355 e. The van der Waals surface area contributed by atoms with E-state index in [4.69, 9.17) is 5.11 Å². The van der Waals surface area contributed by atoms with Crippen molar-refractivity contribution in [2.45, 2.75) is 6.54 Å². The number of aromatic nitrogens is 1. The first-order valence-electron chi connectivity index (χ1n) is 4.95. The molecule has 1 aromatic heterocycles. The van der Waals surface area contributed by atoms with Crippen molar-refractivity contribution in [1.29, 1.82) is 0 Å². The van der Waals surface area contributed by atoms with E-state index >= 15 is 0 Å². The van der Waals surface area contributed by atoms with Gasteiger partial charge in [-0.3, -0.25) is 0 Å². The van der Waals surface area contributed by atoms with E-state index in [9.17, 15) is 14.7 Å². The fraction of sp³-hybridized carbons (Fsp3) is 0.364. The lowest BCUT2D eigenvalue weighted by Gasteiger charge is -2.24. The van der Waals surface area contributed by atoms with Gasteiger partial charge in [-0.2, -0.15) is 0 Å². The molecule has 0 fully saturated rings. The summed E-state index contributed by atoms with van der Waals surface area (Å²) in [5, 5.41) is 19.6. The van der Waals surface area contributed by atoms with Gasteiger partial charge in [0, 0.05) is 17.3 Å². The quantitative estimate of drug-likeness (QED) is 0.704. The highest BCUT2D eigenvalue weighted by atomic mass is 16.4. The van der Waals surface area contributed by atoms with Crippen molar-refractivity contribution in [3.8, 4) is 0 Å². The van der Waals surface area contributed by atoms with E-state index in [1.165, 1.54) is 12.3 Å².